The van der Waals surface area contributed by atoms with E-state index in [-0.39, 0.29) is 11.9 Å². The average Bonchev–Trinajstić information content (AvgIpc) is 3.32. The van der Waals surface area contributed by atoms with Gasteiger partial charge in [0, 0.05) is 25.6 Å². The lowest BCUT2D eigenvalue weighted by Crippen LogP contribution is -2.50. The molecule has 7 heteroatoms. The molecular weight excluding hydrogens is 318 g/mol. The molecule has 7 nitrogen and oxygen atoms in total. The van der Waals surface area contributed by atoms with Gasteiger partial charge in [-0.05, 0) is 25.3 Å². The molecule has 132 valence electrons. The number of nitrogens with one attached hydrogen (secondary N) is 3. The van der Waals surface area contributed by atoms with E-state index in [2.05, 4.69) is 21.0 Å². The summed E-state index contributed by atoms with van der Waals surface area (Å²) in [6.07, 6.45) is 2.45. The van der Waals surface area contributed by atoms with Crippen molar-refractivity contribution in [3.05, 3.63) is 47.7 Å². The van der Waals surface area contributed by atoms with E-state index in [0.717, 1.165) is 24.1 Å². The molecule has 3 amide bonds. The highest BCUT2D eigenvalue weighted by Crippen LogP contribution is 2.19. The lowest BCUT2D eigenvalue weighted by molar-refractivity contribution is -0.123. The third kappa shape index (κ3) is 4.82. The maximum atomic E-state index is 12.5. The van der Waals surface area contributed by atoms with Crippen LogP contribution in [-0.4, -0.2) is 33.8 Å². The fraction of sp³-hybridized carbons (Fsp3) is 0.389. The minimum atomic E-state index is -0.627. The number of aromatic nitrogens is 2. The number of hydrogen-bond acceptors (Lipinski definition) is 3. The molecule has 1 fully saturated rings. The third-order valence-corrected chi connectivity index (χ3v) is 4.07. The lowest BCUT2D eigenvalue weighted by atomic mass is 10.1. The largest absolute Gasteiger partial charge is 0.352 e. The van der Waals surface area contributed by atoms with Crippen LogP contribution >= 0.6 is 0 Å². The first-order valence-corrected chi connectivity index (χ1v) is 8.44. The Balaban J connectivity index is 1.66. The van der Waals surface area contributed by atoms with Crippen LogP contribution in [0.1, 0.15) is 24.1 Å². The zero-order chi connectivity index (χ0) is 17.8. The fourth-order valence-electron chi connectivity index (χ4n) is 2.63. The molecule has 0 spiro atoms. The summed E-state index contributed by atoms with van der Waals surface area (Å²) < 4.78 is 1.59. The van der Waals surface area contributed by atoms with Crippen LogP contribution in [0.25, 0.3) is 0 Å². The Bertz CT molecular complexity index is 752. The number of aryl methyl sites for hydroxylation is 2. The molecule has 1 aromatic carbocycles. The molecule has 0 radical (unpaired) electrons. The molecule has 0 bridgehead atoms. The molecule has 1 aromatic heterocycles. The Labute approximate surface area is 146 Å². The highest BCUT2D eigenvalue weighted by atomic mass is 16.2. The van der Waals surface area contributed by atoms with E-state index in [1.807, 2.05) is 37.3 Å². The molecule has 25 heavy (non-hydrogen) atoms. The van der Waals surface area contributed by atoms with Crippen LogP contribution in [0.15, 0.2) is 36.4 Å². The Morgan fingerprint density at radius 3 is 2.60 bits per heavy atom. The molecule has 1 saturated carbocycles. The van der Waals surface area contributed by atoms with E-state index in [4.69, 9.17) is 0 Å². The number of amides is 3. The second-order valence-electron chi connectivity index (χ2n) is 6.42. The number of rotatable bonds is 6. The first-order chi connectivity index (χ1) is 12.0. The van der Waals surface area contributed by atoms with E-state index < -0.39 is 12.1 Å². The van der Waals surface area contributed by atoms with Gasteiger partial charge in [-0.25, -0.2) is 4.79 Å². The zero-order valence-electron chi connectivity index (χ0n) is 14.5. The smallest absolute Gasteiger partial charge is 0.321 e. The molecule has 0 aliphatic heterocycles. The number of urea groups is 1. The van der Waals surface area contributed by atoms with Gasteiger partial charge in [-0.15, -0.1) is 0 Å². The summed E-state index contributed by atoms with van der Waals surface area (Å²) in [6, 6.07) is 10.6. The fourth-order valence-corrected chi connectivity index (χ4v) is 2.63. The average molecular weight is 341 g/mol. The molecule has 1 heterocycles. The molecule has 3 rings (SSSR count). The number of benzene rings is 1. The van der Waals surface area contributed by atoms with Crippen molar-refractivity contribution in [3.8, 4) is 0 Å². The summed E-state index contributed by atoms with van der Waals surface area (Å²) in [5, 5.41) is 12.7. The van der Waals surface area contributed by atoms with Crippen LogP contribution in [0.2, 0.25) is 0 Å². The second-order valence-corrected chi connectivity index (χ2v) is 6.42. The van der Waals surface area contributed by atoms with Crippen molar-refractivity contribution in [2.24, 2.45) is 7.05 Å². The van der Waals surface area contributed by atoms with Gasteiger partial charge in [0.2, 0.25) is 5.91 Å². The van der Waals surface area contributed by atoms with Crippen molar-refractivity contribution in [1.29, 1.82) is 0 Å². The lowest BCUT2D eigenvalue weighted by Gasteiger charge is -2.19. The van der Waals surface area contributed by atoms with Crippen LogP contribution in [0.4, 0.5) is 10.6 Å². The maximum absolute atomic E-state index is 12.5. The van der Waals surface area contributed by atoms with Gasteiger partial charge in [0.15, 0.2) is 0 Å². The van der Waals surface area contributed by atoms with Gasteiger partial charge in [0.1, 0.15) is 11.9 Å². The van der Waals surface area contributed by atoms with Crippen molar-refractivity contribution >= 4 is 17.8 Å². The van der Waals surface area contributed by atoms with Crippen molar-refractivity contribution in [3.63, 3.8) is 0 Å². The molecule has 0 saturated heterocycles. The van der Waals surface area contributed by atoms with E-state index in [9.17, 15) is 9.59 Å². The van der Waals surface area contributed by atoms with Gasteiger partial charge in [-0.3, -0.25) is 14.8 Å². The number of anilines is 1. The molecule has 1 atom stereocenters. The molecule has 1 aliphatic carbocycles. The normalized spacial score (nSPS) is 14.6. The van der Waals surface area contributed by atoms with Gasteiger partial charge in [-0.1, -0.05) is 30.3 Å². The summed E-state index contributed by atoms with van der Waals surface area (Å²) in [4.78, 5) is 24.8. The van der Waals surface area contributed by atoms with Gasteiger partial charge in [0.25, 0.3) is 0 Å². The maximum Gasteiger partial charge on any atom is 0.321 e. The number of hydrogen-bond donors (Lipinski definition) is 3. The molecule has 1 aliphatic rings. The van der Waals surface area contributed by atoms with E-state index in [1.54, 1.807) is 17.8 Å². The second kappa shape index (κ2) is 7.38. The van der Waals surface area contributed by atoms with Crippen LogP contribution in [-0.2, 0) is 18.3 Å². The zero-order valence-corrected chi connectivity index (χ0v) is 14.5. The molecular formula is C18H23N5O2. The SMILES string of the molecule is Cc1cc(NC(=O)N[C@@H](Cc2ccccc2)C(=O)NC2CC2)n(C)n1. The molecule has 3 N–H and O–H groups in total. The Kier molecular flexibility index (Phi) is 5.02. The van der Waals surface area contributed by atoms with Crippen molar-refractivity contribution in [1.82, 2.24) is 20.4 Å². The highest BCUT2D eigenvalue weighted by molar-refractivity contribution is 5.93. The Hall–Kier alpha value is -2.83. The monoisotopic (exact) mass is 341 g/mol. The third-order valence-electron chi connectivity index (χ3n) is 4.07. The van der Waals surface area contributed by atoms with Gasteiger partial charge < -0.3 is 10.6 Å². The minimum Gasteiger partial charge on any atom is -0.352 e. The first kappa shape index (κ1) is 17.0. The van der Waals surface area contributed by atoms with Crippen molar-refractivity contribution in [2.45, 2.75) is 38.3 Å². The Morgan fingerprint density at radius 2 is 2.00 bits per heavy atom. The number of nitrogens with zero attached hydrogens (tertiary/aromatic N) is 2. The molecule has 0 unspecified atom stereocenters. The summed E-state index contributed by atoms with van der Waals surface area (Å²) in [7, 11) is 1.75. The standard InChI is InChI=1S/C18H23N5O2/c1-12-10-16(23(2)22-12)21-18(25)20-15(17(24)19-14-8-9-14)11-13-6-4-3-5-7-13/h3-7,10,14-15H,8-9,11H2,1-2H3,(H,19,24)(H2,20,21,25)/t15-/m0/s1. The van der Waals surface area contributed by atoms with Gasteiger partial charge in [-0.2, -0.15) is 5.10 Å². The van der Waals surface area contributed by atoms with Gasteiger partial charge in [0.05, 0.1) is 5.69 Å². The van der Waals surface area contributed by atoms with E-state index in [1.165, 1.54) is 0 Å². The summed E-state index contributed by atoms with van der Waals surface area (Å²) in [5.41, 5.74) is 1.81. The quantitative estimate of drug-likeness (QED) is 0.748. The predicted molar refractivity (Wildman–Crippen MR) is 95.2 cm³/mol. The Morgan fingerprint density at radius 1 is 1.28 bits per heavy atom. The highest BCUT2D eigenvalue weighted by Gasteiger charge is 2.28. The number of carbonyl (C=O) groups is 2. The van der Waals surface area contributed by atoms with Gasteiger partial charge >= 0.3 is 6.03 Å². The van der Waals surface area contributed by atoms with E-state index in [0.29, 0.717) is 12.2 Å². The van der Waals surface area contributed by atoms with E-state index >= 15 is 0 Å². The summed E-state index contributed by atoms with van der Waals surface area (Å²) in [5.74, 6) is 0.429. The van der Waals surface area contributed by atoms with Crippen LogP contribution in [0, 0.1) is 6.92 Å². The van der Waals surface area contributed by atoms with Crippen LogP contribution in [0.5, 0.6) is 0 Å². The minimum absolute atomic E-state index is 0.150. The van der Waals surface area contributed by atoms with Crippen LogP contribution in [0.3, 0.4) is 0 Å². The van der Waals surface area contributed by atoms with Crippen molar-refractivity contribution < 1.29 is 9.59 Å². The summed E-state index contributed by atoms with van der Waals surface area (Å²) >= 11 is 0. The number of carbonyl (C=O) groups excluding carboxylic acids is 2. The first-order valence-electron chi connectivity index (χ1n) is 8.44. The predicted octanol–water partition coefficient (Wildman–Crippen LogP) is 1.74. The molecule has 2 aromatic rings. The van der Waals surface area contributed by atoms with Crippen LogP contribution < -0.4 is 16.0 Å². The van der Waals surface area contributed by atoms with Crippen molar-refractivity contribution in [2.75, 3.05) is 5.32 Å². The topological polar surface area (TPSA) is 88.0 Å². The summed E-state index contributed by atoms with van der Waals surface area (Å²) in [6.45, 7) is 1.85.